The third kappa shape index (κ3) is 3.69. The summed E-state index contributed by atoms with van der Waals surface area (Å²) < 4.78 is 5.50. The van der Waals surface area contributed by atoms with Gasteiger partial charge >= 0.3 is 0 Å². The van der Waals surface area contributed by atoms with Crippen LogP contribution in [0.15, 0.2) is 0 Å². The van der Waals surface area contributed by atoms with Crippen LogP contribution in [-0.2, 0) is 14.3 Å². The van der Waals surface area contributed by atoms with Crippen LogP contribution in [0.1, 0.15) is 47.0 Å². The Morgan fingerprint density at radius 2 is 1.95 bits per heavy atom. The zero-order chi connectivity index (χ0) is 14.5. The van der Waals surface area contributed by atoms with Gasteiger partial charge in [-0.25, -0.2) is 0 Å². The second-order valence-electron chi connectivity index (χ2n) is 5.10. The first-order valence-corrected chi connectivity index (χ1v) is 7.21. The van der Waals surface area contributed by atoms with Crippen LogP contribution in [0.25, 0.3) is 0 Å². The summed E-state index contributed by atoms with van der Waals surface area (Å²) in [5.74, 6) is -0.0153. The van der Waals surface area contributed by atoms with Crippen molar-refractivity contribution in [3.8, 4) is 0 Å². The molecule has 5 nitrogen and oxygen atoms in total. The lowest BCUT2D eigenvalue weighted by Crippen LogP contribution is -2.57. The Morgan fingerprint density at radius 1 is 1.32 bits per heavy atom. The summed E-state index contributed by atoms with van der Waals surface area (Å²) in [6.45, 7) is 9.43. The van der Waals surface area contributed by atoms with Crippen molar-refractivity contribution in [2.24, 2.45) is 0 Å². The van der Waals surface area contributed by atoms with Gasteiger partial charge in [0, 0.05) is 26.1 Å². The van der Waals surface area contributed by atoms with Crippen molar-refractivity contribution in [2.75, 3.05) is 19.7 Å². The molecule has 1 aliphatic rings. The van der Waals surface area contributed by atoms with Gasteiger partial charge in [0.25, 0.3) is 0 Å². The van der Waals surface area contributed by atoms with Gasteiger partial charge in [0.2, 0.25) is 11.8 Å². The van der Waals surface area contributed by atoms with Gasteiger partial charge in [-0.1, -0.05) is 13.8 Å². The minimum absolute atomic E-state index is 0.00596. The zero-order valence-electron chi connectivity index (χ0n) is 12.5. The number of carbonyl (C=O) groups excluding carboxylic acids is 2. The fourth-order valence-electron chi connectivity index (χ4n) is 2.57. The molecular formula is C14H26N2O3. The first-order valence-electron chi connectivity index (χ1n) is 7.21. The third-order valence-corrected chi connectivity index (χ3v) is 3.82. The molecular weight excluding hydrogens is 244 g/mol. The molecule has 0 aromatic carbocycles. The summed E-state index contributed by atoms with van der Waals surface area (Å²) in [5, 5.41) is 2.91. The second kappa shape index (κ2) is 6.89. The van der Waals surface area contributed by atoms with E-state index >= 15 is 0 Å². The van der Waals surface area contributed by atoms with Gasteiger partial charge in [-0.2, -0.15) is 0 Å². The summed E-state index contributed by atoms with van der Waals surface area (Å²) in [6.07, 6.45) is 1.60. The van der Waals surface area contributed by atoms with Crippen LogP contribution in [0, 0.1) is 0 Å². The summed E-state index contributed by atoms with van der Waals surface area (Å²) in [4.78, 5) is 26.2. The van der Waals surface area contributed by atoms with Gasteiger partial charge in [0.15, 0.2) is 0 Å². The maximum atomic E-state index is 12.7. The summed E-state index contributed by atoms with van der Waals surface area (Å²) in [7, 11) is 0. The van der Waals surface area contributed by atoms with Crippen molar-refractivity contribution >= 4 is 11.8 Å². The number of carbonyl (C=O) groups is 2. The quantitative estimate of drug-likeness (QED) is 0.792. The predicted molar refractivity (Wildman–Crippen MR) is 73.7 cm³/mol. The Balaban J connectivity index is 2.86. The van der Waals surface area contributed by atoms with Gasteiger partial charge in [0.05, 0.1) is 6.10 Å². The highest BCUT2D eigenvalue weighted by Crippen LogP contribution is 2.22. The lowest BCUT2D eigenvalue weighted by Gasteiger charge is -2.34. The van der Waals surface area contributed by atoms with E-state index in [4.69, 9.17) is 4.74 Å². The standard InChI is InChI=1S/C14H26N2O3/c1-5-14(6-2)13(18)16(9-8-12(17)15-14)10-11(4)19-7-3/h11H,5-10H2,1-4H3,(H,15,17). The van der Waals surface area contributed by atoms with E-state index in [9.17, 15) is 9.59 Å². The molecule has 0 bridgehead atoms. The number of nitrogens with one attached hydrogen (secondary N) is 1. The molecule has 0 spiro atoms. The fourth-order valence-corrected chi connectivity index (χ4v) is 2.57. The van der Waals surface area contributed by atoms with Crippen molar-refractivity contribution in [3.05, 3.63) is 0 Å². The van der Waals surface area contributed by atoms with E-state index in [2.05, 4.69) is 5.32 Å². The molecule has 1 rings (SSSR count). The van der Waals surface area contributed by atoms with Crippen molar-refractivity contribution in [1.29, 1.82) is 0 Å². The minimum atomic E-state index is -0.737. The summed E-state index contributed by atoms with van der Waals surface area (Å²) >= 11 is 0. The molecule has 2 amide bonds. The Hall–Kier alpha value is -1.10. The van der Waals surface area contributed by atoms with E-state index in [0.29, 0.717) is 39.0 Å². The minimum Gasteiger partial charge on any atom is -0.377 e. The summed E-state index contributed by atoms with van der Waals surface area (Å²) in [6, 6.07) is 0. The van der Waals surface area contributed by atoms with E-state index in [0.717, 1.165) is 0 Å². The lowest BCUT2D eigenvalue weighted by atomic mass is 9.91. The maximum absolute atomic E-state index is 12.7. The Bertz CT molecular complexity index is 327. The highest BCUT2D eigenvalue weighted by molar-refractivity contribution is 5.93. The molecule has 0 saturated carbocycles. The van der Waals surface area contributed by atoms with Crippen LogP contribution < -0.4 is 5.32 Å². The second-order valence-corrected chi connectivity index (χ2v) is 5.10. The average Bonchev–Trinajstić information content (AvgIpc) is 2.50. The monoisotopic (exact) mass is 270 g/mol. The van der Waals surface area contributed by atoms with Crippen LogP contribution in [0.2, 0.25) is 0 Å². The van der Waals surface area contributed by atoms with Gasteiger partial charge < -0.3 is 15.0 Å². The number of rotatable bonds is 6. The van der Waals surface area contributed by atoms with E-state index in [1.54, 1.807) is 4.90 Å². The molecule has 1 N–H and O–H groups in total. The fraction of sp³-hybridized carbons (Fsp3) is 0.857. The molecule has 0 aliphatic carbocycles. The average molecular weight is 270 g/mol. The summed E-state index contributed by atoms with van der Waals surface area (Å²) in [5.41, 5.74) is -0.737. The lowest BCUT2D eigenvalue weighted by molar-refractivity contribution is -0.140. The predicted octanol–water partition coefficient (Wildman–Crippen LogP) is 1.32. The Morgan fingerprint density at radius 3 is 2.47 bits per heavy atom. The number of ether oxygens (including phenoxy) is 1. The van der Waals surface area contributed by atoms with Gasteiger partial charge in [0.1, 0.15) is 5.54 Å². The van der Waals surface area contributed by atoms with E-state index in [1.165, 1.54) is 0 Å². The SMILES string of the molecule is CCOC(C)CN1CCC(=O)NC(CC)(CC)C1=O. The number of hydrogen-bond acceptors (Lipinski definition) is 3. The normalized spacial score (nSPS) is 20.9. The molecule has 1 atom stereocenters. The maximum Gasteiger partial charge on any atom is 0.248 e. The van der Waals surface area contributed by atoms with Crippen LogP contribution in [0.3, 0.4) is 0 Å². The molecule has 1 aliphatic heterocycles. The van der Waals surface area contributed by atoms with Crippen LogP contribution >= 0.6 is 0 Å². The third-order valence-electron chi connectivity index (χ3n) is 3.82. The van der Waals surface area contributed by atoms with Crippen molar-refractivity contribution in [1.82, 2.24) is 10.2 Å². The van der Waals surface area contributed by atoms with Crippen LogP contribution in [-0.4, -0.2) is 48.1 Å². The van der Waals surface area contributed by atoms with Gasteiger partial charge in [-0.3, -0.25) is 9.59 Å². The Labute approximate surface area is 115 Å². The molecule has 110 valence electrons. The molecule has 1 unspecified atom stereocenters. The first kappa shape index (κ1) is 16.0. The van der Waals surface area contributed by atoms with Crippen molar-refractivity contribution in [2.45, 2.75) is 58.6 Å². The topological polar surface area (TPSA) is 58.6 Å². The highest BCUT2D eigenvalue weighted by Gasteiger charge is 2.41. The van der Waals surface area contributed by atoms with Crippen LogP contribution in [0.4, 0.5) is 0 Å². The molecule has 1 heterocycles. The number of nitrogens with zero attached hydrogens (tertiary/aromatic N) is 1. The van der Waals surface area contributed by atoms with Gasteiger partial charge in [-0.15, -0.1) is 0 Å². The van der Waals surface area contributed by atoms with E-state index in [-0.39, 0.29) is 17.9 Å². The largest absolute Gasteiger partial charge is 0.377 e. The highest BCUT2D eigenvalue weighted by atomic mass is 16.5. The van der Waals surface area contributed by atoms with Crippen molar-refractivity contribution in [3.63, 3.8) is 0 Å². The number of amides is 2. The first-order chi connectivity index (χ1) is 8.99. The van der Waals surface area contributed by atoms with E-state index in [1.807, 2.05) is 27.7 Å². The molecule has 1 fully saturated rings. The van der Waals surface area contributed by atoms with Crippen molar-refractivity contribution < 1.29 is 14.3 Å². The Kier molecular flexibility index (Phi) is 5.79. The molecule has 19 heavy (non-hydrogen) atoms. The van der Waals surface area contributed by atoms with Gasteiger partial charge in [-0.05, 0) is 26.7 Å². The van der Waals surface area contributed by atoms with Crippen LogP contribution in [0.5, 0.6) is 0 Å². The number of hydrogen-bond donors (Lipinski definition) is 1. The molecule has 0 radical (unpaired) electrons. The molecule has 5 heteroatoms. The molecule has 0 aromatic heterocycles. The smallest absolute Gasteiger partial charge is 0.248 e. The molecule has 1 saturated heterocycles. The molecule has 0 aromatic rings. The van der Waals surface area contributed by atoms with E-state index < -0.39 is 5.54 Å². The zero-order valence-corrected chi connectivity index (χ0v) is 12.5.